The van der Waals surface area contributed by atoms with Crippen LogP contribution in [0.25, 0.3) is 0 Å². The maximum Gasteiger partial charge on any atom is 0.159 e. The highest BCUT2D eigenvalue weighted by molar-refractivity contribution is 5.85. The summed E-state index contributed by atoms with van der Waals surface area (Å²) in [5.74, 6) is -1.20. The first kappa shape index (κ1) is 14.3. The topological polar surface area (TPSA) is 26.0 Å². The standard InChI is InChI=1S/C11H15F2N.ClH/c1-7(2)9(6-14)8-3-4-10(12)11(13)5-8;/h3-5,7,9H,6,14H2,1-2H3;1H. The van der Waals surface area contributed by atoms with Crippen LogP contribution < -0.4 is 5.73 Å². The third-order valence-corrected chi connectivity index (χ3v) is 2.43. The number of benzene rings is 1. The van der Waals surface area contributed by atoms with E-state index >= 15 is 0 Å². The van der Waals surface area contributed by atoms with Crippen molar-refractivity contribution in [3.63, 3.8) is 0 Å². The van der Waals surface area contributed by atoms with Gasteiger partial charge < -0.3 is 5.73 Å². The molecule has 1 rings (SSSR count). The normalized spacial score (nSPS) is 12.4. The second-order valence-electron chi connectivity index (χ2n) is 3.76. The molecule has 0 radical (unpaired) electrons. The zero-order chi connectivity index (χ0) is 10.7. The van der Waals surface area contributed by atoms with Crippen LogP contribution in [-0.4, -0.2) is 6.54 Å². The molecule has 0 amide bonds. The summed E-state index contributed by atoms with van der Waals surface area (Å²) in [7, 11) is 0. The molecule has 0 bridgehead atoms. The Balaban J connectivity index is 0.00000196. The monoisotopic (exact) mass is 235 g/mol. The molecule has 0 spiro atoms. The first-order valence-electron chi connectivity index (χ1n) is 4.71. The average Bonchev–Trinajstić information content (AvgIpc) is 2.11. The maximum absolute atomic E-state index is 12.9. The van der Waals surface area contributed by atoms with Crippen molar-refractivity contribution in [1.82, 2.24) is 0 Å². The van der Waals surface area contributed by atoms with Crippen LogP contribution in [0.5, 0.6) is 0 Å². The van der Waals surface area contributed by atoms with Crippen LogP contribution in [0.4, 0.5) is 8.78 Å². The smallest absolute Gasteiger partial charge is 0.159 e. The molecule has 86 valence electrons. The fourth-order valence-electron chi connectivity index (χ4n) is 1.54. The van der Waals surface area contributed by atoms with E-state index in [2.05, 4.69) is 0 Å². The number of halogens is 3. The van der Waals surface area contributed by atoms with Crippen molar-refractivity contribution in [3.05, 3.63) is 35.4 Å². The molecule has 0 aliphatic rings. The summed E-state index contributed by atoms with van der Waals surface area (Å²) in [6.45, 7) is 4.47. The second kappa shape index (κ2) is 6.03. The van der Waals surface area contributed by atoms with E-state index in [1.54, 1.807) is 6.07 Å². The molecule has 1 atom stereocenters. The second-order valence-corrected chi connectivity index (χ2v) is 3.76. The summed E-state index contributed by atoms with van der Waals surface area (Å²) in [5.41, 5.74) is 6.34. The average molecular weight is 236 g/mol. The van der Waals surface area contributed by atoms with Gasteiger partial charge in [0.25, 0.3) is 0 Å². The van der Waals surface area contributed by atoms with Crippen LogP contribution in [0.1, 0.15) is 25.3 Å². The first-order chi connectivity index (χ1) is 6.56. The molecule has 1 unspecified atom stereocenters. The Bertz CT molecular complexity index is 315. The Morgan fingerprint density at radius 1 is 1.20 bits per heavy atom. The third-order valence-electron chi connectivity index (χ3n) is 2.43. The zero-order valence-electron chi connectivity index (χ0n) is 8.84. The Hall–Kier alpha value is -0.670. The van der Waals surface area contributed by atoms with E-state index < -0.39 is 11.6 Å². The van der Waals surface area contributed by atoms with Crippen LogP contribution in [0.3, 0.4) is 0 Å². The molecule has 0 aliphatic carbocycles. The molecule has 15 heavy (non-hydrogen) atoms. The fourth-order valence-corrected chi connectivity index (χ4v) is 1.54. The van der Waals surface area contributed by atoms with Gasteiger partial charge in [-0.2, -0.15) is 0 Å². The number of nitrogens with two attached hydrogens (primary N) is 1. The van der Waals surface area contributed by atoms with Crippen molar-refractivity contribution in [2.45, 2.75) is 19.8 Å². The van der Waals surface area contributed by atoms with Crippen LogP contribution in [0, 0.1) is 17.6 Å². The summed E-state index contributed by atoms with van der Waals surface area (Å²) < 4.78 is 25.6. The van der Waals surface area contributed by atoms with E-state index in [9.17, 15) is 8.78 Å². The number of hydrogen-bond donors (Lipinski definition) is 1. The van der Waals surface area contributed by atoms with Crippen molar-refractivity contribution < 1.29 is 8.78 Å². The summed E-state index contributed by atoms with van der Waals surface area (Å²) in [6.07, 6.45) is 0. The van der Waals surface area contributed by atoms with E-state index in [-0.39, 0.29) is 18.3 Å². The molecular weight excluding hydrogens is 220 g/mol. The van der Waals surface area contributed by atoms with Crippen LogP contribution in [0.15, 0.2) is 18.2 Å². The SMILES string of the molecule is CC(C)C(CN)c1ccc(F)c(F)c1.Cl. The van der Waals surface area contributed by atoms with E-state index in [4.69, 9.17) is 5.73 Å². The quantitative estimate of drug-likeness (QED) is 0.856. The molecule has 0 aromatic heterocycles. The lowest BCUT2D eigenvalue weighted by Crippen LogP contribution is -2.18. The maximum atomic E-state index is 12.9. The van der Waals surface area contributed by atoms with Crippen molar-refractivity contribution in [2.75, 3.05) is 6.54 Å². The van der Waals surface area contributed by atoms with E-state index in [1.165, 1.54) is 6.07 Å². The molecule has 0 heterocycles. The largest absolute Gasteiger partial charge is 0.330 e. The van der Waals surface area contributed by atoms with E-state index in [0.717, 1.165) is 11.6 Å². The van der Waals surface area contributed by atoms with Gasteiger partial charge in [0.2, 0.25) is 0 Å². The fraction of sp³-hybridized carbons (Fsp3) is 0.455. The van der Waals surface area contributed by atoms with Gasteiger partial charge >= 0.3 is 0 Å². The van der Waals surface area contributed by atoms with Gasteiger partial charge in [-0.3, -0.25) is 0 Å². The molecule has 0 saturated carbocycles. The molecule has 4 heteroatoms. The van der Waals surface area contributed by atoms with Gasteiger partial charge in [0, 0.05) is 0 Å². The summed E-state index contributed by atoms with van der Waals surface area (Å²) >= 11 is 0. The molecule has 1 aromatic rings. The van der Waals surface area contributed by atoms with Gasteiger partial charge in [0.15, 0.2) is 11.6 Å². The van der Waals surface area contributed by atoms with Gasteiger partial charge in [-0.1, -0.05) is 19.9 Å². The Labute approximate surface area is 95.1 Å². The van der Waals surface area contributed by atoms with Gasteiger partial charge in [-0.05, 0) is 36.1 Å². The highest BCUT2D eigenvalue weighted by Gasteiger charge is 2.15. The summed E-state index contributed by atoms with van der Waals surface area (Å²) in [4.78, 5) is 0. The predicted molar refractivity (Wildman–Crippen MR) is 60.2 cm³/mol. The molecule has 0 saturated heterocycles. The van der Waals surface area contributed by atoms with Gasteiger partial charge in [0.05, 0.1) is 0 Å². The summed E-state index contributed by atoms with van der Waals surface area (Å²) in [6, 6.07) is 3.97. The van der Waals surface area contributed by atoms with Crippen molar-refractivity contribution in [1.29, 1.82) is 0 Å². The van der Waals surface area contributed by atoms with Crippen LogP contribution in [0.2, 0.25) is 0 Å². The number of rotatable bonds is 3. The lowest BCUT2D eigenvalue weighted by atomic mass is 9.88. The Morgan fingerprint density at radius 3 is 2.20 bits per heavy atom. The van der Waals surface area contributed by atoms with Crippen molar-refractivity contribution >= 4 is 12.4 Å². The highest BCUT2D eigenvalue weighted by Crippen LogP contribution is 2.24. The van der Waals surface area contributed by atoms with Crippen LogP contribution >= 0.6 is 12.4 Å². The van der Waals surface area contributed by atoms with Gasteiger partial charge in [-0.25, -0.2) is 8.78 Å². The minimum atomic E-state index is -0.812. The molecular formula is C11H16ClF2N. The van der Waals surface area contributed by atoms with Crippen molar-refractivity contribution in [3.8, 4) is 0 Å². The zero-order valence-corrected chi connectivity index (χ0v) is 9.65. The van der Waals surface area contributed by atoms with Crippen molar-refractivity contribution in [2.24, 2.45) is 11.7 Å². The Kier molecular flexibility index (Phi) is 5.76. The molecule has 0 aliphatic heterocycles. The first-order valence-corrected chi connectivity index (χ1v) is 4.71. The van der Waals surface area contributed by atoms with E-state index in [0.29, 0.717) is 12.5 Å². The van der Waals surface area contributed by atoms with Gasteiger partial charge in [0.1, 0.15) is 0 Å². The molecule has 1 aromatic carbocycles. The minimum absolute atomic E-state index is 0. The lowest BCUT2D eigenvalue weighted by Gasteiger charge is -2.19. The Morgan fingerprint density at radius 2 is 1.80 bits per heavy atom. The van der Waals surface area contributed by atoms with E-state index in [1.807, 2.05) is 13.8 Å². The predicted octanol–water partition coefficient (Wildman–Crippen LogP) is 3.08. The minimum Gasteiger partial charge on any atom is -0.330 e. The number of hydrogen-bond acceptors (Lipinski definition) is 1. The highest BCUT2D eigenvalue weighted by atomic mass is 35.5. The third kappa shape index (κ3) is 3.43. The summed E-state index contributed by atoms with van der Waals surface area (Å²) in [5, 5.41) is 0. The van der Waals surface area contributed by atoms with Crippen LogP contribution in [-0.2, 0) is 0 Å². The van der Waals surface area contributed by atoms with Gasteiger partial charge in [-0.15, -0.1) is 12.4 Å². The molecule has 1 nitrogen and oxygen atoms in total. The molecule has 2 N–H and O–H groups in total. The lowest BCUT2D eigenvalue weighted by molar-refractivity contribution is 0.484. The molecule has 0 fully saturated rings.